The third-order valence-electron chi connectivity index (χ3n) is 4.72. The fourth-order valence-electron chi connectivity index (χ4n) is 3.78. The lowest BCUT2D eigenvalue weighted by Crippen LogP contribution is -2.31. The van der Waals surface area contributed by atoms with Crippen LogP contribution in [0.25, 0.3) is 0 Å². The number of sulfonamides is 1. The quantitative estimate of drug-likeness (QED) is 0.916. The Morgan fingerprint density at radius 2 is 1.96 bits per heavy atom. The number of hydrogen-bond acceptors (Lipinski definition) is 3. The van der Waals surface area contributed by atoms with Crippen molar-refractivity contribution < 1.29 is 13.2 Å². The molecule has 4 rings (SSSR count). The van der Waals surface area contributed by atoms with E-state index in [1.807, 2.05) is 42.2 Å². The summed E-state index contributed by atoms with van der Waals surface area (Å²) in [5.74, 6) is 0.0438. The molecule has 0 saturated heterocycles. The summed E-state index contributed by atoms with van der Waals surface area (Å²) in [5, 5.41) is 0. The number of carbonyl (C=O) groups excluding carboxylic acids is 1. The zero-order chi connectivity index (χ0) is 17.6. The van der Waals surface area contributed by atoms with Crippen LogP contribution in [0.4, 0.5) is 11.4 Å². The van der Waals surface area contributed by atoms with Crippen LogP contribution in [0, 0.1) is 6.92 Å². The van der Waals surface area contributed by atoms with Crippen molar-refractivity contribution in [2.45, 2.75) is 31.9 Å². The van der Waals surface area contributed by atoms with Gasteiger partial charge in [-0.1, -0.05) is 29.8 Å². The highest BCUT2D eigenvalue weighted by Crippen LogP contribution is 2.39. The summed E-state index contributed by atoms with van der Waals surface area (Å²) in [6, 6.07) is 11.2. The average molecular weight is 356 g/mol. The molecule has 2 aromatic carbocycles. The second kappa shape index (κ2) is 5.88. The van der Waals surface area contributed by atoms with E-state index in [1.165, 1.54) is 0 Å². The zero-order valence-electron chi connectivity index (χ0n) is 14.1. The third kappa shape index (κ3) is 3.14. The maximum Gasteiger partial charge on any atom is 0.236 e. The van der Waals surface area contributed by atoms with E-state index in [0.29, 0.717) is 12.1 Å². The topological polar surface area (TPSA) is 66.5 Å². The van der Waals surface area contributed by atoms with Crippen molar-refractivity contribution in [2.24, 2.45) is 0 Å². The Morgan fingerprint density at radius 3 is 2.76 bits per heavy atom. The SMILES string of the molecule is Cc1cccc(CS(=O)(=O)Nc2cc3c4c(c2)CC(=O)N4CCC3)c1. The van der Waals surface area contributed by atoms with Gasteiger partial charge >= 0.3 is 0 Å². The molecule has 0 atom stereocenters. The minimum atomic E-state index is -3.50. The van der Waals surface area contributed by atoms with Gasteiger partial charge in [-0.15, -0.1) is 0 Å². The van der Waals surface area contributed by atoms with Gasteiger partial charge in [-0.25, -0.2) is 8.42 Å². The molecule has 2 heterocycles. The first-order valence-electron chi connectivity index (χ1n) is 8.43. The van der Waals surface area contributed by atoms with Gasteiger partial charge in [0.2, 0.25) is 15.9 Å². The number of carbonyl (C=O) groups is 1. The predicted octanol–water partition coefficient (Wildman–Crippen LogP) is 2.77. The van der Waals surface area contributed by atoms with E-state index in [4.69, 9.17) is 0 Å². The molecule has 0 saturated carbocycles. The van der Waals surface area contributed by atoms with Crippen LogP contribution in [0.15, 0.2) is 36.4 Å². The van der Waals surface area contributed by atoms with E-state index in [9.17, 15) is 13.2 Å². The Balaban J connectivity index is 1.61. The Hall–Kier alpha value is -2.34. The van der Waals surface area contributed by atoms with Crippen LogP contribution in [0.1, 0.15) is 28.7 Å². The summed E-state index contributed by atoms with van der Waals surface area (Å²) < 4.78 is 27.8. The van der Waals surface area contributed by atoms with Gasteiger partial charge in [0, 0.05) is 12.2 Å². The fraction of sp³-hybridized carbons (Fsp3) is 0.316. The lowest BCUT2D eigenvalue weighted by Gasteiger charge is -2.26. The summed E-state index contributed by atoms with van der Waals surface area (Å²) in [5.41, 5.74) is 5.33. The Morgan fingerprint density at radius 1 is 1.16 bits per heavy atom. The maximum atomic E-state index is 12.5. The highest BCUT2D eigenvalue weighted by atomic mass is 32.2. The van der Waals surface area contributed by atoms with Crippen molar-refractivity contribution in [2.75, 3.05) is 16.2 Å². The largest absolute Gasteiger partial charge is 0.312 e. The number of rotatable bonds is 4. The van der Waals surface area contributed by atoms with Crippen molar-refractivity contribution in [3.63, 3.8) is 0 Å². The average Bonchev–Trinajstić information content (AvgIpc) is 2.84. The monoisotopic (exact) mass is 356 g/mol. The van der Waals surface area contributed by atoms with Gasteiger partial charge in [0.15, 0.2) is 0 Å². The summed E-state index contributed by atoms with van der Waals surface area (Å²) >= 11 is 0. The van der Waals surface area contributed by atoms with Crippen molar-refractivity contribution >= 4 is 27.3 Å². The molecular weight excluding hydrogens is 336 g/mol. The molecule has 0 spiro atoms. The van der Waals surface area contributed by atoms with Gasteiger partial charge in [-0.2, -0.15) is 0 Å². The van der Waals surface area contributed by atoms with E-state index in [2.05, 4.69) is 4.72 Å². The van der Waals surface area contributed by atoms with Gasteiger partial charge in [0.25, 0.3) is 0 Å². The molecule has 25 heavy (non-hydrogen) atoms. The maximum absolute atomic E-state index is 12.5. The number of aryl methyl sites for hydroxylation is 2. The van der Waals surface area contributed by atoms with Crippen molar-refractivity contribution in [3.05, 3.63) is 58.7 Å². The van der Waals surface area contributed by atoms with Crippen LogP contribution >= 0.6 is 0 Å². The van der Waals surface area contributed by atoms with Crippen molar-refractivity contribution in [1.29, 1.82) is 0 Å². The molecule has 0 aromatic heterocycles. The van der Waals surface area contributed by atoms with Crippen LogP contribution in [0.3, 0.4) is 0 Å². The molecule has 0 aliphatic carbocycles. The molecule has 130 valence electrons. The van der Waals surface area contributed by atoms with E-state index in [1.54, 1.807) is 6.07 Å². The Bertz CT molecular complexity index is 967. The van der Waals surface area contributed by atoms with Crippen molar-refractivity contribution in [3.8, 4) is 0 Å². The first-order chi connectivity index (χ1) is 11.9. The van der Waals surface area contributed by atoms with E-state index < -0.39 is 10.0 Å². The lowest BCUT2D eigenvalue weighted by molar-refractivity contribution is -0.117. The lowest BCUT2D eigenvalue weighted by atomic mass is 9.99. The molecule has 5 nitrogen and oxygen atoms in total. The van der Waals surface area contributed by atoms with Crippen LogP contribution in [0.5, 0.6) is 0 Å². The zero-order valence-corrected chi connectivity index (χ0v) is 14.9. The molecule has 2 aliphatic heterocycles. The summed E-state index contributed by atoms with van der Waals surface area (Å²) in [7, 11) is -3.50. The standard InChI is InChI=1S/C19H20N2O3S/c1-13-4-2-5-14(8-13)12-25(23,24)20-17-9-15-6-3-7-21-18(22)11-16(10-17)19(15)21/h2,4-5,8-10,20H,3,6-7,11-12H2,1H3. The predicted molar refractivity (Wildman–Crippen MR) is 98.2 cm³/mol. The van der Waals surface area contributed by atoms with Crippen LogP contribution < -0.4 is 9.62 Å². The number of benzene rings is 2. The minimum Gasteiger partial charge on any atom is -0.312 e. The molecule has 1 N–H and O–H groups in total. The second-order valence-electron chi connectivity index (χ2n) is 6.82. The fourth-order valence-corrected chi connectivity index (χ4v) is 4.94. The molecule has 0 unspecified atom stereocenters. The highest BCUT2D eigenvalue weighted by molar-refractivity contribution is 7.91. The van der Waals surface area contributed by atoms with E-state index in [-0.39, 0.29) is 11.7 Å². The van der Waals surface area contributed by atoms with Crippen LogP contribution in [-0.2, 0) is 33.4 Å². The molecule has 2 aliphatic rings. The van der Waals surface area contributed by atoms with E-state index in [0.717, 1.165) is 47.3 Å². The Labute approximate surface area is 147 Å². The summed E-state index contributed by atoms with van der Waals surface area (Å²) in [4.78, 5) is 13.9. The van der Waals surface area contributed by atoms with Crippen molar-refractivity contribution in [1.82, 2.24) is 0 Å². The van der Waals surface area contributed by atoms with Gasteiger partial charge < -0.3 is 4.90 Å². The Kier molecular flexibility index (Phi) is 3.80. The highest BCUT2D eigenvalue weighted by Gasteiger charge is 2.32. The van der Waals surface area contributed by atoms with Crippen LogP contribution in [-0.4, -0.2) is 20.9 Å². The molecule has 0 radical (unpaired) electrons. The molecule has 1 amide bonds. The third-order valence-corrected chi connectivity index (χ3v) is 5.98. The van der Waals surface area contributed by atoms with Gasteiger partial charge in [0.1, 0.15) is 0 Å². The second-order valence-corrected chi connectivity index (χ2v) is 8.54. The molecular formula is C19H20N2O3S. The first kappa shape index (κ1) is 16.1. The number of anilines is 2. The van der Waals surface area contributed by atoms with Gasteiger partial charge in [0.05, 0.1) is 17.9 Å². The summed E-state index contributed by atoms with van der Waals surface area (Å²) in [6.45, 7) is 2.70. The smallest absolute Gasteiger partial charge is 0.236 e. The van der Waals surface area contributed by atoms with Gasteiger partial charge in [-0.3, -0.25) is 9.52 Å². The number of amides is 1. The van der Waals surface area contributed by atoms with E-state index >= 15 is 0 Å². The van der Waals surface area contributed by atoms with Crippen LogP contribution in [0.2, 0.25) is 0 Å². The number of nitrogens with zero attached hydrogens (tertiary/aromatic N) is 1. The molecule has 0 fully saturated rings. The summed E-state index contributed by atoms with van der Waals surface area (Å²) in [6.07, 6.45) is 2.15. The normalized spacial score (nSPS) is 16.0. The molecule has 2 aromatic rings. The van der Waals surface area contributed by atoms with Gasteiger partial charge in [-0.05, 0) is 48.6 Å². The first-order valence-corrected chi connectivity index (χ1v) is 10.1. The number of hydrogen-bond donors (Lipinski definition) is 1. The minimum absolute atomic E-state index is 0.0633. The molecule has 6 heteroatoms. The molecule has 0 bridgehead atoms. The number of nitrogens with one attached hydrogen (secondary N) is 1.